The third-order valence-electron chi connectivity index (χ3n) is 8.58. The third kappa shape index (κ3) is 6.45. The van der Waals surface area contributed by atoms with Crippen molar-refractivity contribution in [3.63, 3.8) is 0 Å². The quantitative estimate of drug-likeness (QED) is 0.530. The van der Waals surface area contributed by atoms with E-state index in [2.05, 4.69) is 51.4 Å². The van der Waals surface area contributed by atoms with Gasteiger partial charge in [0.2, 0.25) is 5.91 Å². The van der Waals surface area contributed by atoms with Crippen LogP contribution in [0.2, 0.25) is 0 Å². The van der Waals surface area contributed by atoms with Gasteiger partial charge in [0.05, 0.1) is 30.5 Å². The normalized spacial score (nSPS) is 23.3. The van der Waals surface area contributed by atoms with Gasteiger partial charge in [-0.1, -0.05) is 24.3 Å². The Labute approximate surface area is 231 Å². The minimum atomic E-state index is -0.747. The van der Waals surface area contributed by atoms with E-state index in [9.17, 15) is 9.90 Å². The Morgan fingerprint density at radius 2 is 1.64 bits per heavy atom. The first-order valence-electron chi connectivity index (χ1n) is 14.5. The molecule has 1 unspecified atom stereocenters. The summed E-state index contributed by atoms with van der Waals surface area (Å²) in [7, 11) is 0. The summed E-state index contributed by atoms with van der Waals surface area (Å²) in [6.45, 7) is 6.48. The second kappa shape index (κ2) is 11.7. The molecule has 1 amide bonds. The van der Waals surface area contributed by atoms with E-state index in [0.29, 0.717) is 39.0 Å². The van der Waals surface area contributed by atoms with Crippen molar-refractivity contribution in [2.24, 2.45) is 11.0 Å². The number of likely N-dealkylation sites (tertiary alicyclic amines) is 1. The van der Waals surface area contributed by atoms with Crippen LogP contribution in [-0.2, 0) is 9.53 Å². The number of ether oxygens (including phenoxy) is 2. The fourth-order valence-corrected chi connectivity index (χ4v) is 5.94. The maximum Gasteiger partial charge on any atom is 0.225 e. The molecule has 4 aliphatic rings. The van der Waals surface area contributed by atoms with Gasteiger partial charge in [-0.15, -0.1) is 0 Å². The van der Waals surface area contributed by atoms with Crippen molar-refractivity contribution in [2.45, 2.75) is 50.2 Å². The molecule has 6 rings (SSSR count). The number of hydrogen-bond acceptors (Lipinski definition) is 7. The SMILES string of the molecule is O=C(C1CC1)N1CCC(O)(CC2CC=NN2c2ccc(-c3ccc(OCCN4CCOCC4)cc3)cc2)CC1. The molecular formula is C31H40N4O4. The van der Waals surface area contributed by atoms with Crippen LogP contribution in [-0.4, -0.2) is 91.2 Å². The molecule has 0 spiro atoms. The molecule has 0 bridgehead atoms. The average Bonchev–Trinajstić information content (AvgIpc) is 3.73. The van der Waals surface area contributed by atoms with E-state index in [1.807, 2.05) is 23.2 Å². The van der Waals surface area contributed by atoms with E-state index >= 15 is 0 Å². The number of hydrogen-bond donors (Lipinski definition) is 1. The number of piperidine rings is 1. The lowest BCUT2D eigenvalue weighted by Gasteiger charge is -2.40. The second-order valence-corrected chi connectivity index (χ2v) is 11.4. The smallest absolute Gasteiger partial charge is 0.225 e. The second-order valence-electron chi connectivity index (χ2n) is 11.4. The molecule has 8 nitrogen and oxygen atoms in total. The number of carbonyl (C=O) groups excluding carboxylic acids is 1. The monoisotopic (exact) mass is 532 g/mol. The number of rotatable bonds is 9. The van der Waals surface area contributed by atoms with Crippen molar-refractivity contribution >= 4 is 17.8 Å². The average molecular weight is 533 g/mol. The number of anilines is 1. The zero-order valence-corrected chi connectivity index (χ0v) is 22.7. The molecule has 1 saturated carbocycles. The van der Waals surface area contributed by atoms with Gasteiger partial charge in [0.1, 0.15) is 12.4 Å². The molecule has 3 fully saturated rings. The van der Waals surface area contributed by atoms with Gasteiger partial charge >= 0.3 is 0 Å². The van der Waals surface area contributed by atoms with E-state index in [1.165, 1.54) is 0 Å². The fourth-order valence-electron chi connectivity index (χ4n) is 5.94. The summed E-state index contributed by atoms with van der Waals surface area (Å²) in [6, 6.07) is 16.9. The van der Waals surface area contributed by atoms with Crippen LogP contribution >= 0.6 is 0 Å². The molecule has 208 valence electrons. The van der Waals surface area contributed by atoms with Gasteiger partial charge in [0, 0.05) is 51.3 Å². The van der Waals surface area contributed by atoms with Gasteiger partial charge in [-0.2, -0.15) is 5.10 Å². The largest absolute Gasteiger partial charge is 0.492 e. The number of carbonyl (C=O) groups is 1. The van der Waals surface area contributed by atoms with E-state index in [4.69, 9.17) is 9.47 Å². The maximum absolute atomic E-state index is 12.4. The van der Waals surface area contributed by atoms with Crippen molar-refractivity contribution in [1.29, 1.82) is 0 Å². The number of nitrogens with zero attached hydrogens (tertiary/aromatic N) is 4. The molecule has 2 aromatic carbocycles. The summed E-state index contributed by atoms with van der Waals surface area (Å²) < 4.78 is 11.4. The first-order valence-corrected chi connectivity index (χ1v) is 14.5. The van der Waals surface area contributed by atoms with Gasteiger partial charge in [-0.25, -0.2) is 0 Å². The molecule has 1 N–H and O–H groups in total. The Hall–Kier alpha value is -2.94. The Morgan fingerprint density at radius 1 is 0.974 bits per heavy atom. The Morgan fingerprint density at radius 3 is 2.31 bits per heavy atom. The van der Waals surface area contributed by atoms with Gasteiger partial charge in [-0.05, 0) is 67.5 Å². The predicted octanol–water partition coefficient (Wildman–Crippen LogP) is 3.78. The zero-order valence-electron chi connectivity index (χ0n) is 22.7. The molecule has 1 aliphatic carbocycles. The van der Waals surface area contributed by atoms with Crippen molar-refractivity contribution < 1.29 is 19.4 Å². The lowest BCUT2D eigenvalue weighted by molar-refractivity contribution is -0.137. The molecule has 8 heteroatoms. The lowest BCUT2D eigenvalue weighted by atomic mass is 9.84. The molecule has 0 aromatic heterocycles. The van der Waals surface area contributed by atoms with Crippen LogP contribution < -0.4 is 9.75 Å². The number of morpholine rings is 1. The van der Waals surface area contributed by atoms with Crippen LogP contribution in [0.1, 0.15) is 38.5 Å². The minimum absolute atomic E-state index is 0.125. The summed E-state index contributed by atoms with van der Waals surface area (Å²) in [5.74, 6) is 1.42. The maximum atomic E-state index is 12.4. The lowest BCUT2D eigenvalue weighted by Crippen LogP contribution is -2.49. The molecule has 2 aromatic rings. The third-order valence-corrected chi connectivity index (χ3v) is 8.58. The van der Waals surface area contributed by atoms with Gasteiger partial charge in [-0.3, -0.25) is 14.7 Å². The van der Waals surface area contributed by atoms with E-state index in [0.717, 1.165) is 74.7 Å². The van der Waals surface area contributed by atoms with Crippen LogP contribution in [0.3, 0.4) is 0 Å². The molecule has 3 aliphatic heterocycles. The summed E-state index contributed by atoms with van der Waals surface area (Å²) in [5.41, 5.74) is 2.57. The minimum Gasteiger partial charge on any atom is -0.492 e. The number of aliphatic hydroxyl groups is 1. The van der Waals surface area contributed by atoms with Crippen LogP contribution in [0, 0.1) is 5.92 Å². The van der Waals surface area contributed by atoms with Crippen LogP contribution in [0.5, 0.6) is 5.75 Å². The molecular weight excluding hydrogens is 492 g/mol. The van der Waals surface area contributed by atoms with E-state index in [-0.39, 0.29) is 17.9 Å². The fraction of sp³-hybridized carbons (Fsp3) is 0.548. The standard InChI is InChI=1S/C31H40N4O4/c36-30(26-1-2-26)34-15-12-31(37,13-16-34)23-28-11-14-32-35(28)27-7-3-24(4-8-27)25-5-9-29(10-6-25)39-22-19-33-17-20-38-21-18-33/h3-10,14,26,28,37H,1-2,11-13,15-23H2. The van der Waals surface area contributed by atoms with E-state index < -0.39 is 5.60 Å². The molecule has 0 radical (unpaired) electrons. The molecule has 1 atom stereocenters. The summed E-state index contributed by atoms with van der Waals surface area (Å²) >= 11 is 0. The molecule has 3 heterocycles. The zero-order chi connectivity index (χ0) is 26.7. The van der Waals surface area contributed by atoms with Gasteiger partial charge in [0.15, 0.2) is 0 Å². The summed E-state index contributed by atoms with van der Waals surface area (Å²) in [5, 5.41) is 18.0. The van der Waals surface area contributed by atoms with Gasteiger partial charge in [0.25, 0.3) is 0 Å². The topological polar surface area (TPSA) is 77.8 Å². The molecule has 2 saturated heterocycles. The first kappa shape index (κ1) is 26.3. The highest BCUT2D eigenvalue weighted by Gasteiger charge is 2.41. The Balaban J connectivity index is 1.01. The van der Waals surface area contributed by atoms with Crippen LogP contribution in [0.4, 0.5) is 5.69 Å². The van der Waals surface area contributed by atoms with Gasteiger partial charge < -0.3 is 19.5 Å². The number of hydrazone groups is 1. The summed E-state index contributed by atoms with van der Waals surface area (Å²) in [6.07, 6.45) is 6.77. The van der Waals surface area contributed by atoms with Crippen LogP contribution in [0.25, 0.3) is 11.1 Å². The van der Waals surface area contributed by atoms with Crippen LogP contribution in [0.15, 0.2) is 53.6 Å². The van der Waals surface area contributed by atoms with Crippen molar-refractivity contribution in [3.05, 3.63) is 48.5 Å². The Kier molecular flexibility index (Phi) is 7.86. The highest BCUT2D eigenvalue weighted by Crippen LogP contribution is 2.36. The van der Waals surface area contributed by atoms with Crippen molar-refractivity contribution in [1.82, 2.24) is 9.80 Å². The number of amides is 1. The van der Waals surface area contributed by atoms with E-state index in [1.54, 1.807) is 0 Å². The van der Waals surface area contributed by atoms with Crippen molar-refractivity contribution in [3.8, 4) is 16.9 Å². The first-order chi connectivity index (χ1) is 19.1. The molecule has 39 heavy (non-hydrogen) atoms. The highest BCUT2D eigenvalue weighted by molar-refractivity contribution is 5.81. The number of benzene rings is 2. The summed E-state index contributed by atoms with van der Waals surface area (Å²) in [4.78, 5) is 16.7. The highest BCUT2D eigenvalue weighted by atomic mass is 16.5. The Bertz CT molecular complexity index is 1130. The van der Waals surface area contributed by atoms with Crippen molar-refractivity contribution in [2.75, 3.05) is 57.6 Å². The predicted molar refractivity (Wildman–Crippen MR) is 152 cm³/mol.